The summed E-state index contributed by atoms with van der Waals surface area (Å²) in [4.78, 5) is 0. The van der Waals surface area contributed by atoms with Gasteiger partial charge in [0.15, 0.2) is 0 Å². The lowest BCUT2D eigenvalue weighted by Crippen LogP contribution is -2.21. The van der Waals surface area contributed by atoms with Crippen molar-refractivity contribution in [1.29, 1.82) is 0 Å². The van der Waals surface area contributed by atoms with Crippen LogP contribution in [0.15, 0.2) is 0 Å². The van der Waals surface area contributed by atoms with E-state index in [1.54, 1.807) is 7.11 Å². The SMILES string of the molecule is COCCCCCCNCCOCCO. The summed E-state index contributed by atoms with van der Waals surface area (Å²) in [6.07, 6.45) is 4.88. The fraction of sp³-hybridized carbons (Fsp3) is 1.00. The second-order valence-corrected chi connectivity index (χ2v) is 3.49. The van der Waals surface area contributed by atoms with Gasteiger partial charge in [-0.25, -0.2) is 0 Å². The minimum Gasteiger partial charge on any atom is -0.394 e. The van der Waals surface area contributed by atoms with Crippen molar-refractivity contribution in [2.24, 2.45) is 0 Å². The number of ether oxygens (including phenoxy) is 2. The molecule has 0 aliphatic rings. The molecule has 0 aliphatic heterocycles. The minimum absolute atomic E-state index is 0.111. The Balaban J connectivity index is 2.81. The van der Waals surface area contributed by atoms with Gasteiger partial charge in [0, 0.05) is 20.3 Å². The van der Waals surface area contributed by atoms with Crippen molar-refractivity contribution in [2.75, 3.05) is 46.6 Å². The summed E-state index contributed by atoms with van der Waals surface area (Å²) in [5, 5.41) is 11.8. The van der Waals surface area contributed by atoms with E-state index in [-0.39, 0.29) is 6.61 Å². The fourth-order valence-electron chi connectivity index (χ4n) is 1.29. The molecule has 0 aromatic rings. The van der Waals surface area contributed by atoms with E-state index >= 15 is 0 Å². The Bertz CT molecular complexity index is 100. The first kappa shape index (κ1) is 14.8. The number of nitrogens with one attached hydrogen (secondary N) is 1. The summed E-state index contributed by atoms with van der Waals surface area (Å²) in [6.45, 7) is 4.04. The number of hydrogen-bond acceptors (Lipinski definition) is 4. The molecule has 2 N–H and O–H groups in total. The van der Waals surface area contributed by atoms with Gasteiger partial charge in [0.2, 0.25) is 0 Å². The van der Waals surface area contributed by atoms with E-state index in [1.807, 2.05) is 0 Å². The van der Waals surface area contributed by atoms with Crippen LogP contribution in [-0.2, 0) is 9.47 Å². The van der Waals surface area contributed by atoms with Gasteiger partial charge >= 0.3 is 0 Å². The predicted molar refractivity (Wildman–Crippen MR) is 61.1 cm³/mol. The second kappa shape index (κ2) is 13.8. The summed E-state index contributed by atoms with van der Waals surface area (Å²) >= 11 is 0. The molecular weight excluding hydrogens is 194 g/mol. The third-order valence-electron chi connectivity index (χ3n) is 2.11. The van der Waals surface area contributed by atoms with Crippen LogP contribution in [-0.4, -0.2) is 51.7 Å². The first-order chi connectivity index (χ1) is 7.41. The molecule has 0 radical (unpaired) electrons. The van der Waals surface area contributed by atoms with Gasteiger partial charge in [-0.3, -0.25) is 0 Å². The van der Waals surface area contributed by atoms with Crippen molar-refractivity contribution in [3.8, 4) is 0 Å². The van der Waals surface area contributed by atoms with Crippen LogP contribution in [0.1, 0.15) is 25.7 Å². The zero-order chi connectivity index (χ0) is 11.2. The highest BCUT2D eigenvalue weighted by molar-refractivity contribution is 4.48. The van der Waals surface area contributed by atoms with Crippen molar-refractivity contribution in [3.63, 3.8) is 0 Å². The Morgan fingerprint density at radius 2 is 1.73 bits per heavy atom. The highest BCUT2D eigenvalue weighted by Gasteiger charge is 1.91. The van der Waals surface area contributed by atoms with Crippen LogP contribution in [0.2, 0.25) is 0 Å². The smallest absolute Gasteiger partial charge is 0.0698 e. The lowest BCUT2D eigenvalue weighted by atomic mass is 10.2. The van der Waals surface area contributed by atoms with Gasteiger partial charge in [0.05, 0.1) is 19.8 Å². The Morgan fingerprint density at radius 1 is 0.933 bits per heavy atom. The van der Waals surface area contributed by atoms with Crippen LogP contribution in [0.4, 0.5) is 0 Å². The molecule has 92 valence electrons. The van der Waals surface area contributed by atoms with Crippen LogP contribution in [0, 0.1) is 0 Å². The third-order valence-corrected chi connectivity index (χ3v) is 2.11. The van der Waals surface area contributed by atoms with E-state index in [2.05, 4.69) is 5.32 Å². The molecule has 0 unspecified atom stereocenters. The highest BCUT2D eigenvalue weighted by Crippen LogP contribution is 1.98. The third kappa shape index (κ3) is 13.8. The molecule has 0 atom stereocenters. The van der Waals surface area contributed by atoms with E-state index < -0.39 is 0 Å². The number of unbranched alkanes of at least 4 members (excludes halogenated alkanes) is 3. The molecule has 0 rings (SSSR count). The van der Waals surface area contributed by atoms with Crippen LogP contribution in [0.3, 0.4) is 0 Å². The van der Waals surface area contributed by atoms with Gasteiger partial charge in [-0.05, 0) is 19.4 Å². The van der Waals surface area contributed by atoms with E-state index in [1.165, 1.54) is 19.3 Å². The monoisotopic (exact) mass is 219 g/mol. The van der Waals surface area contributed by atoms with Gasteiger partial charge in [0.25, 0.3) is 0 Å². The maximum atomic E-state index is 8.45. The molecule has 0 saturated carbocycles. The molecule has 0 fully saturated rings. The number of hydrogen-bond donors (Lipinski definition) is 2. The summed E-state index contributed by atoms with van der Waals surface area (Å²) in [6, 6.07) is 0. The minimum atomic E-state index is 0.111. The van der Waals surface area contributed by atoms with Crippen molar-refractivity contribution in [3.05, 3.63) is 0 Å². The van der Waals surface area contributed by atoms with E-state index in [0.29, 0.717) is 13.2 Å². The number of methoxy groups -OCH3 is 1. The molecule has 0 amide bonds. The first-order valence-electron chi connectivity index (χ1n) is 5.80. The number of aliphatic hydroxyl groups is 1. The topological polar surface area (TPSA) is 50.7 Å². The summed E-state index contributed by atoms with van der Waals surface area (Å²) in [5.41, 5.74) is 0. The molecule has 0 spiro atoms. The fourth-order valence-corrected chi connectivity index (χ4v) is 1.29. The molecule has 4 nitrogen and oxygen atoms in total. The maximum Gasteiger partial charge on any atom is 0.0698 e. The van der Waals surface area contributed by atoms with E-state index in [9.17, 15) is 0 Å². The van der Waals surface area contributed by atoms with Crippen molar-refractivity contribution in [2.45, 2.75) is 25.7 Å². The van der Waals surface area contributed by atoms with Gasteiger partial charge in [-0.1, -0.05) is 12.8 Å². The average Bonchev–Trinajstić information content (AvgIpc) is 2.26. The molecule has 15 heavy (non-hydrogen) atoms. The van der Waals surface area contributed by atoms with Crippen LogP contribution in [0.25, 0.3) is 0 Å². The molecule has 0 aliphatic carbocycles. The van der Waals surface area contributed by atoms with Gasteiger partial charge in [-0.2, -0.15) is 0 Å². The largest absolute Gasteiger partial charge is 0.394 e. The van der Waals surface area contributed by atoms with Crippen LogP contribution >= 0.6 is 0 Å². The van der Waals surface area contributed by atoms with Gasteiger partial charge < -0.3 is 19.9 Å². The van der Waals surface area contributed by atoms with E-state index in [4.69, 9.17) is 14.6 Å². The zero-order valence-electron chi connectivity index (χ0n) is 9.83. The average molecular weight is 219 g/mol. The Hall–Kier alpha value is -0.160. The number of aliphatic hydroxyl groups excluding tert-OH is 1. The van der Waals surface area contributed by atoms with Crippen molar-refractivity contribution < 1.29 is 14.6 Å². The van der Waals surface area contributed by atoms with Crippen molar-refractivity contribution in [1.82, 2.24) is 5.32 Å². The van der Waals surface area contributed by atoms with Crippen molar-refractivity contribution >= 4 is 0 Å². The van der Waals surface area contributed by atoms with Crippen LogP contribution < -0.4 is 5.32 Å². The molecule has 0 heterocycles. The predicted octanol–water partition coefficient (Wildman–Crippen LogP) is 0.792. The van der Waals surface area contributed by atoms with Crippen LogP contribution in [0.5, 0.6) is 0 Å². The second-order valence-electron chi connectivity index (χ2n) is 3.49. The first-order valence-corrected chi connectivity index (χ1v) is 5.80. The normalized spacial score (nSPS) is 10.8. The quantitative estimate of drug-likeness (QED) is 0.477. The molecule has 0 aromatic carbocycles. The molecular formula is C11H25NO3. The summed E-state index contributed by atoms with van der Waals surface area (Å²) in [5.74, 6) is 0. The highest BCUT2D eigenvalue weighted by atomic mass is 16.5. The molecule has 0 bridgehead atoms. The Morgan fingerprint density at radius 3 is 2.47 bits per heavy atom. The lowest BCUT2D eigenvalue weighted by Gasteiger charge is -2.05. The Kier molecular flexibility index (Phi) is 13.7. The lowest BCUT2D eigenvalue weighted by molar-refractivity contribution is 0.0939. The van der Waals surface area contributed by atoms with E-state index in [0.717, 1.165) is 26.1 Å². The molecule has 0 saturated heterocycles. The summed E-state index contributed by atoms with van der Waals surface area (Å²) in [7, 11) is 1.74. The number of rotatable bonds is 12. The summed E-state index contributed by atoms with van der Waals surface area (Å²) < 4.78 is 10.1. The standard InChI is InChI=1S/C11H25NO3/c1-14-9-5-3-2-4-6-12-7-10-15-11-8-13/h12-13H,2-11H2,1H3. The Labute approximate surface area is 93.0 Å². The molecule has 0 aromatic heterocycles. The zero-order valence-corrected chi connectivity index (χ0v) is 9.83. The van der Waals surface area contributed by atoms with Gasteiger partial charge in [0.1, 0.15) is 0 Å². The maximum absolute atomic E-state index is 8.45. The van der Waals surface area contributed by atoms with Gasteiger partial charge in [-0.15, -0.1) is 0 Å². The molecule has 4 heteroatoms.